The molecule has 4 heteroatoms. The Morgan fingerprint density at radius 3 is 2.72 bits per heavy atom. The summed E-state index contributed by atoms with van der Waals surface area (Å²) in [5, 5.41) is 20.8. The Morgan fingerprint density at radius 2 is 1.88 bits per heavy atom. The van der Waals surface area contributed by atoms with Crippen molar-refractivity contribution in [3.8, 4) is 5.75 Å². The first-order valence-corrected chi connectivity index (χ1v) is 9.18. The zero-order valence-corrected chi connectivity index (χ0v) is 14.2. The molecule has 0 amide bonds. The SMILES string of the molecule is O=C(O)c1cc2ccc(C3CCC4CCCCCC4=N3)cc2cc1O. The summed E-state index contributed by atoms with van der Waals surface area (Å²) in [6.07, 6.45) is 8.61. The quantitative estimate of drug-likeness (QED) is 0.801. The lowest BCUT2D eigenvalue weighted by Gasteiger charge is -2.27. The predicted molar refractivity (Wildman–Crippen MR) is 98.6 cm³/mol. The molecule has 0 aromatic heterocycles. The van der Waals surface area contributed by atoms with E-state index in [1.807, 2.05) is 12.1 Å². The van der Waals surface area contributed by atoms with Gasteiger partial charge in [-0.1, -0.05) is 25.0 Å². The van der Waals surface area contributed by atoms with Crippen LogP contribution in [0.5, 0.6) is 5.75 Å². The Bertz CT molecular complexity index is 856. The van der Waals surface area contributed by atoms with Crippen molar-refractivity contribution in [2.45, 2.75) is 51.0 Å². The highest BCUT2D eigenvalue weighted by Crippen LogP contribution is 2.37. The van der Waals surface area contributed by atoms with Crippen LogP contribution >= 0.6 is 0 Å². The Kier molecular flexibility index (Phi) is 4.20. The van der Waals surface area contributed by atoms with Crippen molar-refractivity contribution in [2.24, 2.45) is 10.9 Å². The fraction of sp³-hybridized carbons (Fsp3) is 0.429. The first kappa shape index (κ1) is 16.1. The molecule has 2 aliphatic rings. The van der Waals surface area contributed by atoms with E-state index < -0.39 is 5.97 Å². The number of phenols is 1. The van der Waals surface area contributed by atoms with Gasteiger partial charge >= 0.3 is 5.97 Å². The smallest absolute Gasteiger partial charge is 0.339 e. The zero-order valence-electron chi connectivity index (χ0n) is 14.2. The van der Waals surface area contributed by atoms with Gasteiger partial charge in [-0.05, 0) is 72.6 Å². The molecule has 1 saturated carbocycles. The van der Waals surface area contributed by atoms with E-state index in [0.29, 0.717) is 5.92 Å². The molecule has 25 heavy (non-hydrogen) atoms. The van der Waals surface area contributed by atoms with Crippen LogP contribution in [-0.4, -0.2) is 21.9 Å². The van der Waals surface area contributed by atoms with Crippen LogP contribution in [0.1, 0.15) is 66.9 Å². The fourth-order valence-corrected chi connectivity index (χ4v) is 4.27. The summed E-state index contributed by atoms with van der Waals surface area (Å²) in [5.74, 6) is -0.612. The van der Waals surface area contributed by atoms with Crippen molar-refractivity contribution in [2.75, 3.05) is 0 Å². The van der Waals surface area contributed by atoms with Gasteiger partial charge < -0.3 is 10.2 Å². The van der Waals surface area contributed by atoms with E-state index in [1.54, 1.807) is 6.07 Å². The van der Waals surface area contributed by atoms with E-state index >= 15 is 0 Å². The molecule has 2 N–H and O–H groups in total. The number of fused-ring (bicyclic) bond motifs is 2. The third kappa shape index (κ3) is 3.13. The first-order chi connectivity index (χ1) is 12.1. The average Bonchev–Trinajstić information content (AvgIpc) is 2.85. The third-order valence-corrected chi connectivity index (χ3v) is 5.66. The molecule has 1 aliphatic carbocycles. The van der Waals surface area contributed by atoms with Gasteiger partial charge in [0.25, 0.3) is 0 Å². The van der Waals surface area contributed by atoms with Crippen LogP contribution in [-0.2, 0) is 0 Å². The van der Waals surface area contributed by atoms with Gasteiger partial charge in [-0.2, -0.15) is 0 Å². The number of aromatic carboxylic acids is 1. The number of carbonyl (C=O) groups is 1. The lowest BCUT2D eigenvalue weighted by Crippen LogP contribution is -2.20. The van der Waals surface area contributed by atoms with Gasteiger partial charge in [-0.3, -0.25) is 4.99 Å². The summed E-state index contributed by atoms with van der Waals surface area (Å²) >= 11 is 0. The Morgan fingerprint density at radius 1 is 1.00 bits per heavy atom. The van der Waals surface area contributed by atoms with Crippen LogP contribution < -0.4 is 0 Å². The lowest BCUT2D eigenvalue weighted by molar-refractivity contribution is 0.0694. The number of hydrogen-bond donors (Lipinski definition) is 2. The molecule has 0 bridgehead atoms. The maximum absolute atomic E-state index is 11.2. The fourth-order valence-electron chi connectivity index (χ4n) is 4.27. The topological polar surface area (TPSA) is 69.9 Å². The minimum Gasteiger partial charge on any atom is -0.507 e. The maximum Gasteiger partial charge on any atom is 0.339 e. The van der Waals surface area contributed by atoms with Gasteiger partial charge in [0.15, 0.2) is 0 Å². The number of hydrogen-bond acceptors (Lipinski definition) is 3. The molecule has 1 fully saturated rings. The number of carboxylic acid groups (broad SMARTS) is 1. The van der Waals surface area contributed by atoms with Crippen LogP contribution in [0.3, 0.4) is 0 Å². The van der Waals surface area contributed by atoms with Crippen LogP contribution in [0, 0.1) is 5.92 Å². The normalized spacial score (nSPS) is 23.6. The van der Waals surface area contributed by atoms with Crippen molar-refractivity contribution in [3.63, 3.8) is 0 Å². The second-order valence-electron chi connectivity index (χ2n) is 7.29. The molecule has 2 aromatic rings. The third-order valence-electron chi connectivity index (χ3n) is 5.66. The molecule has 1 aliphatic heterocycles. The van der Waals surface area contributed by atoms with Crippen LogP contribution in [0.2, 0.25) is 0 Å². The standard InChI is InChI=1S/C21H23NO3/c23-20-12-16-10-15(7-6-14(16)11-17(20)21(24)25)19-9-8-13-4-2-1-3-5-18(13)22-19/h6-7,10-13,19,23H,1-5,8-9H2,(H,24,25). The van der Waals surface area contributed by atoms with Gasteiger partial charge in [0.2, 0.25) is 0 Å². The molecule has 0 spiro atoms. The summed E-state index contributed by atoms with van der Waals surface area (Å²) in [4.78, 5) is 16.2. The van der Waals surface area contributed by atoms with Gasteiger partial charge in [0.05, 0.1) is 6.04 Å². The molecule has 2 unspecified atom stereocenters. The largest absolute Gasteiger partial charge is 0.507 e. The minimum atomic E-state index is -1.11. The molecule has 1 heterocycles. The van der Waals surface area contributed by atoms with Crippen molar-refractivity contribution in [3.05, 3.63) is 41.5 Å². The van der Waals surface area contributed by atoms with Gasteiger partial charge in [0, 0.05) is 5.71 Å². The molecule has 2 aromatic carbocycles. The van der Waals surface area contributed by atoms with Crippen LogP contribution in [0.25, 0.3) is 10.8 Å². The highest BCUT2D eigenvalue weighted by Gasteiger charge is 2.26. The van der Waals surface area contributed by atoms with Gasteiger partial charge in [-0.25, -0.2) is 4.79 Å². The molecule has 0 radical (unpaired) electrons. The summed E-state index contributed by atoms with van der Waals surface area (Å²) in [5.41, 5.74) is 2.50. The first-order valence-electron chi connectivity index (χ1n) is 9.18. The Balaban J connectivity index is 1.69. The van der Waals surface area contributed by atoms with Crippen molar-refractivity contribution >= 4 is 22.5 Å². The van der Waals surface area contributed by atoms with E-state index in [0.717, 1.165) is 29.2 Å². The zero-order chi connectivity index (χ0) is 17.4. The van der Waals surface area contributed by atoms with E-state index in [1.165, 1.54) is 43.9 Å². The Labute approximate surface area is 147 Å². The monoisotopic (exact) mass is 337 g/mol. The molecule has 130 valence electrons. The average molecular weight is 337 g/mol. The molecule has 4 nitrogen and oxygen atoms in total. The summed E-state index contributed by atoms with van der Waals surface area (Å²) in [6, 6.07) is 9.31. The number of aliphatic imine (C=N–C) groups is 1. The number of benzene rings is 2. The molecule has 0 saturated heterocycles. The number of nitrogens with zero attached hydrogens (tertiary/aromatic N) is 1. The van der Waals surface area contributed by atoms with E-state index in [9.17, 15) is 9.90 Å². The van der Waals surface area contributed by atoms with Crippen molar-refractivity contribution < 1.29 is 15.0 Å². The number of aromatic hydroxyl groups is 1. The second kappa shape index (κ2) is 6.51. The predicted octanol–water partition coefficient (Wildman–Crippen LogP) is 5.10. The van der Waals surface area contributed by atoms with Crippen molar-refractivity contribution in [1.29, 1.82) is 0 Å². The summed E-state index contributed by atoms with van der Waals surface area (Å²) < 4.78 is 0. The number of rotatable bonds is 2. The minimum absolute atomic E-state index is 0.0561. The Hall–Kier alpha value is -2.36. The highest BCUT2D eigenvalue weighted by atomic mass is 16.4. The van der Waals surface area contributed by atoms with E-state index in [4.69, 9.17) is 10.1 Å². The summed E-state index contributed by atoms with van der Waals surface area (Å²) in [6.45, 7) is 0. The maximum atomic E-state index is 11.2. The van der Waals surface area contributed by atoms with Crippen molar-refractivity contribution in [1.82, 2.24) is 0 Å². The van der Waals surface area contributed by atoms with Crippen LogP contribution in [0.4, 0.5) is 0 Å². The van der Waals surface area contributed by atoms with Gasteiger partial charge in [-0.15, -0.1) is 0 Å². The van der Waals surface area contributed by atoms with Gasteiger partial charge in [0.1, 0.15) is 11.3 Å². The summed E-state index contributed by atoms with van der Waals surface area (Å²) in [7, 11) is 0. The molecular weight excluding hydrogens is 314 g/mol. The van der Waals surface area contributed by atoms with E-state index in [2.05, 4.69) is 6.07 Å². The molecule has 2 atom stereocenters. The highest BCUT2D eigenvalue weighted by molar-refractivity contribution is 5.97. The van der Waals surface area contributed by atoms with E-state index in [-0.39, 0.29) is 17.4 Å². The van der Waals surface area contributed by atoms with Crippen LogP contribution in [0.15, 0.2) is 35.3 Å². The lowest BCUT2D eigenvalue weighted by atomic mass is 9.85. The number of carboxylic acids is 1. The molecular formula is C21H23NO3. The second-order valence-corrected chi connectivity index (χ2v) is 7.29. The molecule has 4 rings (SSSR count).